The standard InChI is InChI=1S/C37H46O14/c1-16-22(38)7-9-27(48-16)50-25-13-24(47-18(3)31(25)41)19-5-6-20-29(32(19)42)33(43)21-11-12-36(46)15-35(4,45)14-26(40)37(36,30(21)34(20)44)51-28-10-8-23(39)17(2)49-28/h5-6,11-12,16-18,22-25,27-28,31,38-39,41-42,45-46H,7-10,13-15H2,1-4H3/t16-,17-,18-,22-,23-,24-,25-,27-,28-,31+,35+,36+,37+/m1/s1. The van der Waals surface area contributed by atoms with Gasteiger partial charge in [0.2, 0.25) is 0 Å². The van der Waals surface area contributed by atoms with Crippen molar-refractivity contribution in [3.63, 3.8) is 0 Å². The van der Waals surface area contributed by atoms with Crippen LogP contribution in [0.3, 0.4) is 0 Å². The van der Waals surface area contributed by atoms with Crippen molar-refractivity contribution in [2.24, 2.45) is 0 Å². The first kappa shape index (κ1) is 36.5. The van der Waals surface area contributed by atoms with Crippen LogP contribution in [0.4, 0.5) is 0 Å². The highest BCUT2D eigenvalue weighted by Crippen LogP contribution is 2.54. The molecular weight excluding hydrogens is 668 g/mol. The molecular formula is C37H46O14. The second-order valence-electron chi connectivity index (χ2n) is 15.3. The molecule has 4 fully saturated rings. The first-order chi connectivity index (χ1) is 24.0. The van der Waals surface area contributed by atoms with Crippen molar-refractivity contribution < 1.29 is 68.7 Å². The Bertz CT molecular complexity index is 1680. The number of ketones is 3. The number of benzene rings is 1. The van der Waals surface area contributed by atoms with Crippen LogP contribution >= 0.6 is 0 Å². The number of carbonyl (C=O) groups excluding carboxylic acids is 3. The zero-order valence-corrected chi connectivity index (χ0v) is 29.0. The molecule has 13 atom stereocenters. The van der Waals surface area contributed by atoms with Crippen molar-refractivity contribution in [3.8, 4) is 5.75 Å². The molecule has 7 rings (SSSR count). The summed E-state index contributed by atoms with van der Waals surface area (Å²) >= 11 is 0. The number of phenolic OH excluding ortho intramolecular Hbond substituents is 1. The van der Waals surface area contributed by atoms with Gasteiger partial charge in [-0.2, -0.15) is 0 Å². The molecule has 1 aromatic rings. The van der Waals surface area contributed by atoms with Crippen molar-refractivity contribution in [2.75, 3.05) is 0 Å². The normalized spacial score (nSPS) is 44.2. The Hall–Kier alpha value is -2.89. The van der Waals surface area contributed by atoms with Crippen molar-refractivity contribution >= 4 is 17.3 Å². The third-order valence-electron chi connectivity index (χ3n) is 11.4. The lowest BCUT2D eigenvalue weighted by atomic mass is 9.57. The number of ether oxygens (including phenoxy) is 5. The number of fused-ring (bicyclic) bond motifs is 3. The van der Waals surface area contributed by atoms with Gasteiger partial charge in [0.1, 0.15) is 17.5 Å². The molecule has 3 saturated heterocycles. The third-order valence-corrected chi connectivity index (χ3v) is 11.4. The lowest BCUT2D eigenvalue weighted by molar-refractivity contribution is -0.282. The molecule has 0 spiro atoms. The Kier molecular flexibility index (Phi) is 9.23. The minimum atomic E-state index is -2.44. The molecule has 0 radical (unpaired) electrons. The van der Waals surface area contributed by atoms with Gasteiger partial charge in [0, 0.05) is 48.8 Å². The molecule has 14 nitrogen and oxygen atoms in total. The fraction of sp³-hybridized carbons (Fsp3) is 0.649. The average Bonchev–Trinajstić information content (AvgIpc) is 3.05. The van der Waals surface area contributed by atoms with E-state index in [0.717, 1.165) is 0 Å². The Morgan fingerprint density at radius 1 is 0.843 bits per heavy atom. The first-order valence-corrected chi connectivity index (χ1v) is 17.7. The van der Waals surface area contributed by atoms with Crippen molar-refractivity contribution in [3.05, 3.63) is 52.1 Å². The smallest absolute Gasteiger partial charge is 0.198 e. The van der Waals surface area contributed by atoms with Gasteiger partial charge in [0.05, 0.1) is 59.5 Å². The number of rotatable bonds is 5. The number of phenols is 1. The minimum absolute atomic E-state index is 0.0670. The van der Waals surface area contributed by atoms with E-state index < -0.39 is 120 Å². The minimum Gasteiger partial charge on any atom is -0.507 e. The molecule has 278 valence electrons. The maximum atomic E-state index is 14.6. The molecule has 51 heavy (non-hydrogen) atoms. The summed E-state index contributed by atoms with van der Waals surface area (Å²) in [7, 11) is 0. The molecule has 6 aliphatic rings. The van der Waals surface area contributed by atoms with E-state index in [1.807, 2.05) is 0 Å². The topological polar surface area (TPSA) is 219 Å². The van der Waals surface area contributed by atoms with Crippen molar-refractivity contribution in [1.29, 1.82) is 0 Å². The molecule has 6 N–H and O–H groups in total. The molecule has 0 amide bonds. The number of hydrogen-bond acceptors (Lipinski definition) is 14. The van der Waals surface area contributed by atoms with Gasteiger partial charge in [0.15, 0.2) is 35.5 Å². The monoisotopic (exact) mass is 714 g/mol. The van der Waals surface area contributed by atoms with Gasteiger partial charge < -0.3 is 54.3 Å². The summed E-state index contributed by atoms with van der Waals surface area (Å²) in [4.78, 5) is 43.1. The van der Waals surface area contributed by atoms with Crippen molar-refractivity contribution in [2.45, 2.75) is 151 Å². The predicted molar refractivity (Wildman–Crippen MR) is 175 cm³/mol. The third kappa shape index (κ3) is 5.93. The zero-order chi connectivity index (χ0) is 36.8. The largest absolute Gasteiger partial charge is 0.507 e. The number of allylic oxidation sites excluding steroid dienone is 2. The van der Waals surface area contributed by atoms with E-state index in [1.54, 1.807) is 20.8 Å². The van der Waals surface area contributed by atoms with Gasteiger partial charge in [-0.1, -0.05) is 12.1 Å². The number of aromatic hydroxyl groups is 1. The van der Waals surface area contributed by atoms with Crippen LogP contribution in [-0.2, 0) is 28.5 Å². The summed E-state index contributed by atoms with van der Waals surface area (Å²) in [5.74, 6) is -2.97. The van der Waals surface area contributed by atoms with Crippen LogP contribution in [0.15, 0.2) is 35.4 Å². The van der Waals surface area contributed by atoms with Gasteiger partial charge in [-0.15, -0.1) is 0 Å². The maximum absolute atomic E-state index is 14.6. The molecule has 3 heterocycles. The summed E-state index contributed by atoms with van der Waals surface area (Å²) in [6.45, 7) is 6.39. The number of aliphatic hydroxyl groups excluding tert-OH is 3. The van der Waals surface area contributed by atoms with E-state index in [2.05, 4.69) is 0 Å². The highest BCUT2D eigenvalue weighted by Gasteiger charge is 2.69. The Labute approximate surface area is 294 Å². The number of Topliss-reactive ketones (excluding diaryl/α,β-unsaturated/α-hetero) is 3. The summed E-state index contributed by atoms with van der Waals surface area (Å²) < 4.78 is 30.2. The van der Waals surface area contributed by atoms with Crippen LogP contribution < -0.4 is 0 Å². The molecule has 3 aliphatic carbocycles. The average molecular weight is 715 g/mol. The second-order valence-corrected chi connectivity index (χ2v) is 15.3. The van der Waals surface area contributed by atoms with Gasteiger partial charge in [-0.05, 0) is 52.7 Å². The molecule has 1 saturated carbocycles. The van der Waals surface area contributed by atoms with Crippen LogP contribution in [0.5, 0.6) is 5.75 Å². The van der Waals surface area contributed by atoms with Gasteiger partial charge >= 0.3 is 0 Å². The highest BCUT2D eigenvalue weighted by molar-refractivity contribution is 6.32. The summed E-state index contributed by atoms with van der Waals surface area (Å²) in [5, 5.41) is 66.0. The molecule has 0 bridgehead atoms. The maximum Gasteiger partial charge on any atom is 0.198 e. The fourth-order valence-electron chi connectivity index (χ4n) is 8.60. The van der Waals surface area contributed by atoms with E-state index in [9.17, 15) is 45.0 Å². The SMILES string of the molecule is C[C@H]1O[C@@H](c2ccc3c(c2O)C(=O)C2=C(C3=O)[C@@]3(O[C@@H]4CC[C@@H](O)[C@@H](C)O4)C(=O)C[C@](C)(O)C[C@@]3(O)C=C2)C[C@@H](O[C@@H]2CC[C@@H](O)[C@@H](C)O2)[C@H]1O. The molecule has 14 heteroatoms. The lowest BCUT2D eigenvalue weighted by Crippen LogP contribution is -2.71. The van der Waals surface area contributed by atoms with E-state index in [0.29, 0.717) is 12.8 Å². The summed E-state index contributed by atoms with van der Waals surface area (Å²) in [5.41, 5.74) is -7.41. The van der Waals surface area contributed by atoms with Gasteiger partial charge in [0.25, 0.3) is 0 Å². The Morgan fingerprint density at radius 3 is 2.16 bits per heavy atom. The quantitative estimate of drug-likeness (QED) is 0.255. The van der Waals surface area contributed by atoms with Crippen LogP contribution in [0.25, 0.3) is 0 Å². The molecule has 0 aromatic heterocycles. The van der Waals surface area contributed by atoms with E-state index in [1.165, 1.54) is 31.2 Å². The number of aliphatic hydroxyl groups is 5. The van der Waals surface area contributed by atoms with Gasteiger partial charge in [-0.3, -0.25) is 14.4 Å². The second kappa shape index (κ2) is 12.9. The molecule has 1 aromatic carbocycles. The lowest BCUT2D eigenvalue weighted by Gasteiger charge is -2.55. The summed E-state index contributed by atoms with van der Waals surface area (Å²) in [6.07, 6.45) is -5.05. The van der Waals surface area contributed by atoms with E-state index in [-0.39, 0.29) is 41.5 Å². The summed E-state index contributed by atoms with van der Waals surface area (Å²) in [6, 6.07) is 2.78. The molecule has 3 aliphatic heterocycles. The van der Waals surface area contributed by atoms with E-state index in [4.69, 9.17) is 23.7 Å². The molecule has 0 unspecified atom stereocenters. The zero-order valence-electron chi connectivity index (χ0n) is 29.0. The van der Waals surface area contributed by atoms with Crippen LogP contribution in [0.1, 0.15) is 105 Å². The Balaban J connectivity index is 1.24. The predicted octanol–water partition coefficient (Wildman–Crippen LogP) is 1.61. The van der Waals surface area contributed by atoms with E-state index >= 15 is 0 Å². The van der Waals surface area contributed by atoms with Crippen LogP contribution in [0, 0.1) is 0 Å². The number of hydrogen-bond donors (Lipinski definition) is 6. The highest BCUT2D eigenvalue weighted by atomic mass is 16.7. The Morgan fingerprint density at radius 2 is 1.49 bits per heavy atom. The first-order valence-electron chi connectivity index (χ1n) is 17.7. The fourth-order valence-corrected chi connectivity index (χ4v) is 8.60. The van der Waals surface area contributed by atoms with Gasteiger partial charge in [-0.25, -0.2) is 0 Å². The van der Waals surface area contributed by atoms with Crippen molar-refractivity contribution in [1.82, 2.24) is 0 Å². The van der Waals surface area contributed by atoms with Crippen LogP contribution in [0.2, 0.25) is 0 Å². The number of carbonyl (C=O) groups is 3. The van der Waals surface area contributed by atoms with Crippen LogP contribution in [-0.4, -0.2) is 120 Å².